The standard InChI is InChI=1S/C16H18ClN3O2S/c1-10(2)15(13-4-3-7-23-13)20-14(21)9-19-16(22)12-8-11(17)5-6-18-12/h3-8,10,15H,9H2,1-2H3,(H,19,22)(H,20,21)/t15-/m1/s1. The first-order valence-electron chi connectivity index (χ1n) is 7.20. The first-order chi connectivity index (χ1) is 11.0. The van der Waals surface area contributed by atoms with E-state index in [1.165, 1.54) is 12.3 Å². The molecule has 23 heavy (non-hydrogen) atoms. The van der Waals surface area contributed by atoms with E-state index in [1.807, 2.05) is 31.4 Å². The first kappa shape index (κ1) is 17.4. The molecule has 0 saturated carbocycles. The van der Waals surface area contributed by atoms with E-state index in [4.69, 9.17) is 11.6 Å². The van der Waals surface area contributed by atoms with E-state index >= 15 is 0 Å². The molecule has 1 atom stereocenters. The van der Waals surface area contributed by atoms with Crippen molar-refractivity contribution >= 4 is 34.8 Å². The van der Waals surface area contributed by atoms with Gasteiger partial charge in [0.15, 0.2) is 0 Å². The number of rotatable bonds is 6. The molecule has 2 N–H and O–H groups in total. The summed E-state index contributed by atoms with van der Waals surface area (Å²) in [6, 6.07) is 6.92. The number of carbonyl (C=O) groups excluding carboxylic acids is 2. The molecule has 0 aliphatic rings. The normalized spacial score (nSPS) is 12.0. The molecule has 0 saturated heterocycles. The van der Waals surface area contributed by atoms with Gasteiger partial charge in [-0.25, -0.2) is 0 Å². The average Bonchev–Trinajstić information content (AvgIpc) is 3.04. The van der Waals surface area contributed by atoms with Crippen molar-refractivity contribution in [2.75, 3.05) is 6.54 Å². The summed E-state index contributed by atoms with van der Waals surface area (Å²) in [6.45, 7) is 3.97. The molecular formula is C16H18ClN3O2S. The lowest BCUT2D eigenvalue weighted by Crippen LogP contribution is -2.40. The Balaban J connectivity index is 1.90. The van der Waals surface area contributed by atoms with Crippen molar-refractivity contribution < 1.29 is 9.59 Å². The number of pyridine rings is 1. The number of hydrogen-bond acceptors (Lipinski definition) is 4. The average molecular weight is 352 g/mol. The smallest absolute Gasteiger partial charge is 0.270 e. The van der Waals surface area contributed by atoms with Crippen LogP contribution in [0, 0.1) is 5.92 Å². The minimum Gasteiger partial charge on any atom is -0.347 e. The SMILES string of the molecule is CC(C)[C@@H](NC(=O)CNC(=O)c1cc(Cl)ccn1)c1cccs1. The summed E-state index contributed by atoms with van der Waals surface area (Å²) < 4.78 is 0. The number of aromatic nitrogens is 1. The predicted octanol–water partition coefficient (Wildman–Crippen LogP) is 3.04. The summed E-state index contributed by atoms with van der Waals surface area (Å²) in [5, 5.41) is 7.89. The number of halogens is 1. The van der Waals surface area contributed by atoms with E-state index in [0.717, 1.165) is 4.88 Å². The molecule has 7 heteroatoms. The van der Waals surface area contributed by atoms with Crippen LogP contribution in [0.5, 0.6) is 0 Å². The fourth-order valence-electron chi connectivity index (χ4n) is 2.04. The zero-order valence-corrected chi connectivity index (χ0v) is 14.4. The van der Waals surface area contributed by atoms with Crippen molar-refractivity contribution in [2.24, 2.45) is 5.92 Å². The minimum atomic E-state index is -0.431. The van der Waals surface area contributed by atoms with Gasteiger partial charge in [0.25, 0.3) is 5.91 Å². The highest BCUT2D eigenvalue weighted by atomic mass is 35.5. The van der Waals surface area contributed by atoms with Gasteiger partial charge in [-0.05, 0) is 29.5 Å². The highest BCUT2D eigenvalue weighted by Gasteiger charge is 2.19. The molecule has 0 aliphatic heterocycles. The van der Waals surface area contributed by atoms with Crippen molar-refractivity contribution in [3.8, 4) is 0 Å². The van der Waals surface area contributed by atoms with E-state index in [2.05, 4.69) is 15.6 Å². The Morgan fingerprint density at radius 2 is 2.13 bits per heavy atom. The molecule has 2 rings (SSSR count). The second-order valence-corrected chi connectivity index (χ2v) is 6.76. The lowest BCUT2D eigenvalue weighted by molar-refractivity contribution is -0.121. The monoisotopic (exact) mass is 351 g/mol. The molecule has 0 bridgehead atoms. The molecule has 0 spiro atoms. The Labute approximate surface area is 144 Å². The summed E-state index contributed by atoms with van der Waals surface area (Å²) >= 11 is 7.41. The lowest BCUT2D eigenvalue weighted by Gasteiger charge is -2.21. The second-order valence-electron chi connectivity index (χ2n) is 5.35. The second kappa shape index (κ2) is 8.08. The Morgan fingerprint density at radius 1 is 1.35 bits per heavy atom. The molecule has 0 aromatic carbocycles. The van der Waals surface area contributed by atoms with Crippen molar-refractivity contribution in [2.45, 2.75) is 19.9 Å². The fraction of sp³-hybridized carbons (Fsp3) is 0.312. The third-order valence-electron chi connectivity index (χ3n) is 3.20. The van der Waals surface area contributed by atoms with Crippen LogP contribution >= 0.6 is 22.9 Å². The van der Waals surface area contributed by atoms with Gasteiger partial charge in [-0.2, -0.15) is 0 Å². The van der Waals surface area contributed by atoms with Gasteiger partial charge < -0.3 is 10.6 Å². The molecule has 2 aromatic heterocycles. The summed E-state index contributed by atoms with van der Waals surface area (Å²) in [7, 11) is 0. The summed E-state index contributed by atoms with van der Waals surface area (Å²) in [5.74, 6) is -0.421. The molecule has 2 heterocycles. The quantitative estimate of drug-likeness (QED) is 0.840. The zero-order valence-electron chi connectivity index (χ0n) is 12.9. The van der Waals surface area contributed by atoms with E-state index in [1.54, 1.807) is 17.4 Å². The largest absolute Gasteiger partial charge is 0.347 e. The van der Waals surface area contributed by atoms with Gasteiger partial charge >= 0.3 is 0 Å². The van der Waals surface area contributed by atoms with Crippen LogP contribution in [0.3, 0.4) is 0 Å². The maximum atomic E-state index is 12.1. The van der Waals surface area contributed by atoms with E-state index in [9.17, 15) is 9.59 Å². The van der Waals surface area contributed by atoms with Gasteiger partial charge in [-0.15, -0.1) is 11.3 Å². The summed E-state index contributed by atoms with van der Waals surface area (Å²) in [4.78, 5) is 29.0. The van der Waals surface area contributed by atoms with Crippen molar-refractivity contribution in [3.63, 3.8) is 0 Å². The lowest BCUT2D eigenvalue weighted by atomic mass is 10.0. The molecule has 0 radical (unpaired) electrons. The van der Waals surface area contributed by atoms with Gasteiger partial charge in [0.1, 0.15) is 5.69 Å². The van der Waals surface area contributed by atoms with Crippen LogP contribution < -0.4 is 10.6 Å². The molecule has 122 valence electrons. The zero-order chi connectivity index (χ0) is 16.8. The van der Waals surface area contributed by atoms with Crippen LogP contribution in [0.25, 0.3) is 0 Å². The summed E-state index contributed by atoms with van der Waals surface area (Å²) in [6.07, 6.45) is 1.45. The maximum absolute atomic E-state index is 12.1. The van der Waals surface area contributed by atoms with Gasteiger partial charge in [0, 0.05) is 16.1 Å². The highest BCUT2D eigenvalue weighted by molar-refractivity contribution is 7.10. The number of amides is 2. The van der Waals surface area contributed by atoms with Crippen LogP contribution in [0.15, 0.2) is 35.8 Å². The Bertz CT molecular complexity index is 674. The molecule has 5 nitrogen and oxygen atoms in total. The van der Waals surface area contributed by atoms with Gasteiger partial charge in [0.05, 0.1) is 12.6 Å². The van der Waals surface area contributed by atoms with E-state index < -0.39 is 5.91 Å². The predicted molar refractivity (Wildman–Crippen MR) is 91.6 cm³/mol. The molecule has 0 unspecified atom stereocenters. The topological polar surface area (TPSA) is 71.1 Å². The van der Waals surface area contributed by atoms with E-state index in [-0.39, 0.29) is 30.1 Å². The van der Waals surface area contributed by atoms with Crippen LogP contribution in [0.1, 0.15) is 35.3 Å². The minimum absolute atomic E-state index is 0.0660. The first-order valence-corrected chi connectivity index (χ1v) is 8.45. The van der Waals surface area contributed by atoms with Crippen LogP contribution in [-0.4, -0.2) is 23.3 Å². The highest BCUT2D eigenvalue weighted by Crippen LogP contribution is 2.25. The third kappa shape index (κ3) is 5.04. The Morgan fingerprint density at radius 3 is 2.74 bits per heavy atom. The fourth-order valence-corrected chi connectivity index (χ4v) is 3.15. The van der Waals surface area contributed by atoms with Crippen LogP contribution in [-0.2, 0) is 4.79 Å². The number of nitrogens with zero attached hydrogens (tertiary/aromatic N) is 1. The Kier molecular flexibility index (Phi) is 6.12. The third-order valence-corrected chi connectivity index (χ3v) is 4.39. The van der Waals surface area contributed by atoms with Gasteiger partial charge in [-0.1, -0.05) is 31.5 Å². The van der Waals surface area contributed by atoms with Gasteiger partial charge in [0.2, 0.25) is 5.91 Å². The molecular weight excluding hydrogens is 334 g/mol. The Hall–Kier alpha value is -1.92. The number of hydrogen-bond donors (Lipinski definition) is 2. The van der Waals surface area contributed by atoms with Crippen molar-refractivity contribution in [3.05, 3.63) is 51.4 Å². The molecule has 0 aliphatic carbocycles. The van der Waals surface area contributed by atoms with E-state index in [0.29, 0.717) is 5.02 Å². The number of carbonyl (C=O) groups is 2. The van der Waals surface area contributed by atoms with Gasteiger partial charge in [-0.3, -0.25) is 14.6 Å². The number of nitrogens with one attached hydrogen (secondary N) is 2. The molecule has 2 aromatic rings. The molecule has 0 fully saturated rings. The van der Waals surface area contributed by atoms with Crippen LogP contribution in [0.4, 0.5) is 0 Å². The summed E-state index contributed by atoms with van der Waals surface area (Å²) in [5.41, 5.74) is 0.184. The van der Waals surface area contributed by atoms with Crippen LogP contribution in [0.2, 0.25) is 5.02 Å². The number of thiophene rings is 1. The van der Waals surface area contributed by atoms with Crippen molar-refractivity contribution in [1.29, 1.82) is 0 Å². The maximum Gasteiger partial charge on any atom is 0.270 e. The van der Waals surface area contributed by atoms with Crippen molar-refractivity contribution in [1.82, 2.24) is 15.6 Å². The molecule has 2 amide bonds.